The lowest BCUT2D eigenvalue weighted by Gasteiger charge is -2.16. The Hall–Kier alpha value is -0.700. The van der Waals surface area contributed by atoms with Gasteiger partial charge in [0.15, 0.2) is 0 Å². The molecule has 3 heteroatoms. The van der Waals surface area contributed by atoms with Crippen LogP contribution in [-0.4, -0.2) is 14.1 Å². The highest BCUT2D eigenvalue weighted by atomic mass is 79.9. The maximum Gasteiger partial charge on any atom is 0.0526 e. The minimum absolute atomic E-state index is 0.835. The van der Waals surface area contributed by atoms with Gasteiger partial charge >= 0.3 is 0 Å². The minimum atomic E-state index is 0.835. The van der Waals surface area contributed by atoms with E-state index in [9.17, 15) is 0 Å². The van der Waals surface area contributed by atoms with E-state index in [0.29, 0.717) is 0 Å². The van der Waals surface area contributed by atoms with Crippen LogP contribution in [0.25, 0.3) is 0 Å². The highest BCUT2D eigenvalue weighted by Gasteiger charge is 2.04. The molecule has 2 N–H and O–H groups in total. The van der Waals surface area contributed by atoms with Gasteiger partial charge < -0.3 is 10.6 Å². The Morgan fingerprint density at radius 3 is 2.42 bits per heavy atom. The van der Waals surface area contributed by atoms with E-state index in [1.165, 1.54) is 0 Å². The molecule has 0 aliphatic carbocycles. The van der Waals surface area contributed by atoms with Crippen LogP contribution in [0.1, 0.15) is 5.56 Å². The summed E-state index contributed by atoms with van der Waals surface area (Å²) in [6, 6.07) is 4.00. The first-order valence-corrected chi connectivity index (χ1v) is 4.54. The van der Waals surface area contributed by atoms with Crippen LogP contribution in [0.4, 0.5) is 11.4 Å². The first kappa shape index (κ1) is 9.39. The fourth-order valence-electron chi connectivity index (χ4n) is 1.02. The van der Waals surface area contributed by atoms with Crippen molar-refractivity contribution in [3.05, 3.63) is 22.2 Å². The van der Waals surface area contributed by atoms with E-state index >= 15 is 0 Å². The molecule has 0 spiro atoms. The van der Waals surface area contributed by atoms with E-state index < -0.39 is 0 Å². The van der Waals surface area contributed by atoms with Gasteiger partial charge in [0.05, 0.1) is 5.69 Å². The van der Waals surface area contributed by atoms with Crippen molar-refractivity contribution in [2.45, 2.75) is 6.92 Å². The fraction of sp³-hybridized carbons (Fsp3) is 0.333. The number of nitrogens with zero attached hydrogens (tertiary/aromatic N) is 1. The number of benzene rings is 1. The van der Waals surface area contributed by atoms with Gasteiger partial charge in [0.1, 0.15) is 0 Å². The third kappa shape index (κ3) is 1.72. The van der Waals surface area contributed by atoms with Crippen LogP contribution >= 0.6 is 15.9 Å². The molecule has 12 heavy (non-hydrogen) atoms. The number of nitrogens with two attached hydrogens (primary N) is 1. The third-order valence-corrected chi connectivity index (χ3v) is 2.45. The van der Waals surface area contributed by atoms with Crippen LogP contribution in [0.5, 0.6) is 0 Å². The largest absolute Gasteiger partial charge is 0.398 e. The molecule has 0 radical (unpaired) electrons. The van der Waals surface area contributed by atoms with Crippen LogP contribution in [0.15, 0.2) is 16.6 Å². The quantitative estimate of drug-likeness (QED) is 0.749. The normalized spacial score (nSPS) is 10.0. The summed E-state index contributed by atoms with van der Waals surface area (Å²) in [5.41, 5.74) is 8.83. The first-order valence-electron chi connectivity index (χ1n) is 3.75. The van der Waals surface area contributed by atoms with Gasteiger partial charge in [0.25, 0.3) is 0 Å². The number of hydrogen-bond acceptors (Lipinski definition) is 2. The molecule has 0 aromatic heterocycles. The third-order valence-electron chi connectivity index (χ3n) is 1.82. The molecule has 1 aromatic carbocycles. The summed E-state index contributed by atoms with van der Waals surface area (Å²) in [5, 5.41) is 0. The van der Waals surface area contributed by atoms with Crippen molar-refractivity contribution in [3.8, 4) is 0 Å². The standard InChI is InChI=1S/C9H13BrN2/c1-6-4-7(10)9(12(2)3)5-8(6)11/h4-5H,11H2,1-3H3. The monoisotopic (exact) mass is 228 g/mol. The van der Waals surface area contributed by atoms with Gasteiger partial charge in [0, 0.05) is 24.3 Å². The van der Waals surface area contributed by atoms with E-state index in [2.05, 4.69) is 15.9 Å². The molecule has 0 unspecified atom stereocenters. The van der Waals surface area contributed by atoms with Crippen molar-refractivity contribution in [1.82, 2.24) is 0 Å². The molecule has 1 rings (SSSR count). The van der Waals surface area contributed by atoms with E-state index in [0.717, 1.165) is 21.4 Å². The molecule has 0 fully saturated rings. The Bertz CT molecular complexity index is 295. The zero-order valence-corrected chi connectivity index (χ0v) is 9.14. The van der Waals surface area contributed by atoms with Crippen molar-refractivity contribution < 1.29 is 0 Å². The SMILES string of the molecule is Cc1cc(Br)c(N(C)C)cc1N. The molecule has 0 saturated carbocycles. The second kappa shape index (κ2) is 3.35. The Morgan fingerprint density at radius 2 is 1.92 bits per heavy atom. The Balaban J connectivity index is 3.23. The van der Waals surface area contributed by atoms with Gasteiger partial charge in [-0.25, -0.2) is 0 Å². The maximum absolute atomic E-state index is 5.78. The molecule has 2 nitrogen and oxygen atoms in total. The lowest BCUT2D eigenvalue weighted by atomic mass is 10.2. The molecule has 0 aliphatic heterocycles. The fourth-order valence-corrected chi connectivity index (χ4v) is 1.83. The predicted molar refractivity (Wildman–Crippen MR) is 57.6 cm³/mol. The number of anilines is 2. The summed E-state index contributed by atoms with van der Waals surface area (Å²) in [4.78, 5) is 2.03. The average molecular weight is 229 g/mol. The van der Waals surface area contributed by atoms with E-state index in [4.69, 9.17) is 5.73 Å². The second-order valence-corrected chi connectivity index (χ2v) is 3.91. The van der Waals surface area contributed by atoms with Crippen molar-refractivity contribution in [2.24, 2.45) is 0 Å². The summed E-state index contributed by atoms with van der Waals surface area (Å²) in [6.45, 7) is 2.00. The van der Waals surface area contributed by atoms with Gasteiger partial charge in [-0.05, 0) is 40.5 Å². The second-order valence-electron chi connectivity index (χ2n) is 3.05. The summed E-state index contributed by atoms with van der Waals surface area (Å²) < 4.78 is 1.08. The number of nitrogen functional groups attached to an aromatic ring is 1. The molecule has 0 saturated heterocycles. The highest BCUT2D eigenvalue weighted by Crippen LogP contribution is 2.29. The first-order chi connectivity index (χ1) is 5.52. The molecule has 0 bridgehead atoms. The molecule has 66 valence electrons. The topological polar surface area (TPSA) is 29.3 Å². The summed E-state index contributed by atoms with van der Waals surface area (Å²) in [7, 11) is 3.99. The maximum atomic E-state index is 5.78. The van der Waals surface area contributed by atoms with Gasteiger partial charge in [-0.2, -0.15) is 0 Å². The molecule has 0 aliphatic rings. The molecule has 1 aromatic rings. The Labute approximate surface area is 81.5 Å². The van der Waals surface area contributed by atoms with Gasteiger partial charge in [0.2, 0.25) is 0 Å². The zero-order chi connectivity index (χ0) is 9.30. The number of halogens is 1. The predicted octanol–water partition coefficient (Wildman–Crippen LogP) is 2.41. The van der Waals surface area contributed by atoms with Crippen LogP contribution in [0.3, 0.4) is 0 Å². The lowest BCUT2D eigenvalue weighted by Crippen LogP contribution is -2.10. The van der Waals surface area contributed by atoms with Crippen LogP contribution in [0, 0.1) is 6.92 Å². The molecular weight excluding hydrogens is 216 g/mol. The van der Waals surface area contributed by atoms with Crippen LogP contribution < -0.4 is 10.6 Å². The van der Waals surface area contributed by atoms with E-state index in [-0.39, 0.29) is 0 Å². The molecule has 0 heterocycles. The van der Waals surface area contributed by atoms with Crippen LogP contribution in [-0.2, 0) is 0 Å². The van der Waals surface area contributed by atoms with Gasteiger partial charge in [-0.15, -0.1) is 0 Å². The number of hydrogen-bond donors (Lipinski definition) is 1. The average Bonchev–Trinajstić information content (AvgIpc) is 1.96. The minimum Gasteiger partial charge on any atom is -0.398 e. The van der Waals surface area contributed by atoms with Gasteiger partial charge in [-0.1, -0.05) is 0 Å². The van der Waals surface area contributed by atoms with Crippen molar-refractivity contribution in [3.63, 3.8) is 0 Å². The molecular formula is C9H13BrN2. The van der Waals surface area contributed by atoms with Crippen molar-refractivity contribution >= 4 is 27.3 Å². The molecule has 0 amide bonds. The highest BCUT2D eigenvalue weighted by molar-refractivity contribution is 9.10. The van der Waals surface area contributed by atoms with E-state index in [1.54, 1.807) is 0 Å². The number of aryl methyl sites for hydroxylation is 1. The smallest absolute Gasteiger partial charge is 0.0526 e. The Morgan fingerprint density at radius 1 is 1.33 bits per heavy atom. The molecule has 0 atom stereocenters. The number of rotatable bonds is 1. The van der Waals surface area contributed by atoms with E-state index in [1.807, 2.05) is 38.1 Å². The summed E-state index contributed by atoms with van der Waals surface area (Å²) in [6.07, 6.45) is 0. The van der Waals surface area contributed by atoms with Crippen molar-refractivity contribution in [1.29, 1.82) is 0 Å². The van der Waals surface area contributed by atoms with Gasteiger partial charge in [-0.3, -0.25) is 0 Å². The summed E-state index contributed by atoms with van der Waals surface area (Å²) >= 11 is 3.48. The van der Waals surface area contributed by atoms with Crippen molar-refractivity contribution in [2.75, 3.05) is 24.7 Å². The zero-order valence-electron chi connectivity index (χ0n) is 7.56. The Kier molecular flexibility index (Phi) is 2.62. The summed E-state index contributed by atoms with van der Waals surface area (Å²) in [5.74, 6) is 0. The van der Waals surface area contributed by atoms with Crippen LogP contribution in [0.2, 0.25) is 0 Å². The lowest BCUT2D eigenvalue weighted by molar-refractivity contribution is 1.12.